The van der Waals surface area contributed by atoms with Gasteiger partial charge in [-0.15, -0.1) is 0 Å². The number of halogens is 1. The van der Waals surface area contributed by atoms with Crippen LogP contribution < -0.4 is 4.74 Å². The van der Waals surface area contributed by atoms with Crippen molar-refractivity contribution in [2.75, 3.05) is 13.7 Å². The van der Waals surface area contributed by atoms with Gasteiger partial charge in [0.1, 0.15) is 11.4 Å². The molecule has 0 N–H and O–H groups in total. The van der Waals surface area contributed by atoms with Gasteiger partial charge in [-0.05, 0) is 31.4 Å². The van der Waals surface area contributed by atoms with E-state index in [1.54, 1.807) is 19.4 Å². The summed E-state index contributed by atoms with van der Waals surface area (Å²) in [6.45, 7) is 0.797. The number of nitrogens with zero attached hydrogens (tertiary/aromatic N) is 3. The van der Waals surface area contributed by atoms with Crippen molar-refractivity contribution in [3.05, 3.63) is 29.7 Å². The Morgan fingerprint density at radius 1 is 1.40 bits per heavy atom. The summed E-state index contributed by atoms with van der Waals surface area (Å²) < 4.78 is 12.9. The normalized spacial score (nSPS) is 19.0. The van der Waals surface area contributed by atoms with Gasteiger partial charge < -0.3 is 9.47 Å². The van der Waals surface area contributed by atoms with Gasteiger partial charge in [0.05, 0.1) is 13.3 Å². The monoisotopic (exact) mass is 293 g/mol. The Hall–Kier alpha value is -1.59. The van der Waals surface area contributed by atoms with Gasteiger partial charge >= 0.3 is 0 Å². The van der Waals surface area contributed by atoms with E-state index in [9.17, 15) is 0 Å². The standard InChI is InChI=1S/C14H16ClN3O2/c1-19-14-11(5-6-12(15)17-14)10-8-16-18(9-10)13-4-2-3-7-20-13/h5-6,8-9,13H,2-4,7H2,1H3. The lowest BCUT2D eigenvalue weighted by Crippen LogP contribution is -2.18. The lowest BCUT2D eigenvalue weighted by Gasteiger charge is -2.22. The molecule has 5 nitrogen and oxygen atoms in total. The summed E-state index contributed by atoms with van der Waals surface area (Å²) in [4.78, 5) is 4.16. The van der Waals surface area contributed by atoms with Crippen molar-refractivity contribution in [2.24, 2.45) is 0 Å². The van der Waals surface area contributed by atoms with Crippen molar-refractivity contribution in [3.8, 4) is 17.0 Å². The highest BCUT2D eigenvalue weighted by molar-refractivity contribution is 6.29. The van der Waals surface area contributed by atoms with E-state index in [2.05, 4.69) is 10.1 Å². The Bertz CT molecular complexity index is 594. The minimum atomic E-state index is 0.0313. The van der Waals surface area contributed by atoms with Gasteiger partial charge in [-0.25, -0.2) is 9.67 Å². The van der Waals surface area contributed by atoms with Crippen molar-refractivity contribution in [1.29, 1.82) is 0 Å². The van der Waals surface area contributed by atoms with E-state index in [1.165, 1.54) is 6.42 Å². The van der Waals surface area contributed by atoms with Gasteiger partial charge in [-0.2, -0.15) is 5.10 Å². The molecule has 2 aromatic heterocycles. The van der Waals surface area contributed by atoms with Crippen LogP contribution in [0.15, 0.2) is 24.5 Å². The van der Waals surface area contributed by atoms with Gasteiger partial charge in [0, 0.05) is 23.9 Å². The molecular weight excluding hydrogens is 278 g/mol. The second kappa shape index (κ2) is 5.81. The largest absolute Gasteiger partial charge is 0.481 e. The van der Waals surface area contributed by atoms with E-state index < -0.39 is 0 Å². The van der Waals surface area contributed by atoms with Gasteiger partial charge in [-0.3, -0.25) is 0 Å². The van der Waals surface area contributed by atoms with Crippen molar-refractivity contribution in [2.45, 2.75) is 25.5 Å². The first-order valence-electron chi connectivity index (χ1n) is 6.64. The average molecular weight is 294 g/mol. The zero-order valence-electron chi connectivity index (χ0n) is 11.3. The smallest absolute Gasteiger partial charge is 0.222 e. The van der Waals surface area contributed by atoms with Crippen LogP contribution in [0.2, 0.25) is 5.15 Å². The fraction of sp³-hybridized carbons (Fsp3) is 0.429. The maximum atomic E-state index is 5.88. The van der Waals surface area contributed by atoms with Crippen LogP contribution in [-0.4, -0.2) is 28.5 Å². The molecule has 0 amide bonds. The quantitative estimate of drug-likeness (QED) is 0.815. The van der Waals surface area contributed by atoms with Crippen LogP contribution in [0.1, 0.15) is 25.5 Å². The molecule has 0 aliphatic carbocycles. The van der Waals surface area contributed by atoms with Gasteiger partial charge in [0.2, 0.25) is 5.88 Å². The number of hydrogen-bond acceptors (Lipinski definition) is 4. The van der Waals surface area contributed by atoms with Gasteiger partial charge in [-0.1, -0.05) is 11.6 Å². The molecule has 1 atom stereocenters. The molecule has 1 fully saturated rings. The molecule has 1 aliphatic heterocycles. The summed E-state index contributed by atoms with van der Waals surface area (Å²) in [6.07, 6.45) is 7.08. The van der Waals surface area contributed by atoms with E-state index in [1.807, 2.05) is 16.9 Å². The van der Waals surface area contributed by atoms with Crippen LogP contribution in [-0.2, 0) is 4.74 Å². The third-order valence-corrected chi connectivity index (χ3v) is 3.59. The van der Waals surface area contributed by atoms with Crippen molar-refractivity contribution in [3.63, 3.8) is 0 Å². The summed E-state index contributed by atoms with van der Waals surface area (Å²) >= 11 is 5.88. The first-order valence-corrected chi connectivity index (χ1v) is 7.02. The van der Waals surface area contributed by atoms with Crippen molar-refractivity contribution in [1.82, 2.24) is 14.8 Å². The Morgan fingerprint density at radius 3 is 3.05 bits per heavy atom. The summed E-state index contributed by atoms with van der Waals surface area (Å²) in [5.41, 5.74) is 1.82. The van der Waals surface area contributed by atoms with Gasteiger partial charge in [0.25, 0.3) is 0 Å². The highest BCUT2D eigenvalue weighted by Gasteiger charge is 2.18. The second-order valence-corrected chi connectivity index (χ2v) is 5.11. The van der Waals surface area contributed by atoms with E-state index in [-0.39, 0.29) is 6.23 Å². The average Bonchev–Trinajstić information content (AvgIpc) is 2.97. The minimum absolute atomic E-state index is 0.0313. The lowest BCUT2D eigenvalue weighted by molar-refractivity contribution is -0.0394. The van der Waals surface area contributed by atoms with Crippen LogP contribution in [0.3, 0.4) is 0 Å². The van der Waals surface area contributed by atoms with Crippen LogP contribution >= 0.6 is 11.6 Å². The zero-order chi connectivity index (χ0) is 13.9. The molecule has 0 radical (unpaired) electrons. The Labute approximate surface area is 122 Å². The molecule has 0 saturated carbocycles. The van der Waals surface area contributed by atoms with Gasteiger partial charge in [0.15, 0.2) is 0 Å². The molecule has 1 unspecified atom stereocenters. The number of methoxy groups -OCH3 is 1. The molecule has 1 aliphatic rings. The number of ether oxygens (including phenoxy) is 2. The minimum Gasteiger partial charge on any atom is -0.481 e. The maximum absolute atomic E-state index is 5.88. The molecule has 0 bridgehead atoms. The summed E-state index contributed by atoms with van der Waals surface area (Å²) in [7, 11) is 1.58. The maximum Gasteiger partial charge on any atom is 0.222 e. The number of hydrogen-bond donors (Lipinski definition) is 0. The molecule has 106 valence electrons. The van der Waals surface area contributed by atoms with E-state index in [4.69, 9.17) is 21.1 Å². The number of aromatic nitrogens is 3. The first-order chi connectivity index (χ1) is 9.78. The van der Waals surface area contributed by atoms with Crippen LogP contribution in [0.5, 0.6) is 5.88 Å². The Kier molecular flexibility index (Phi) is 3.89. The molecule has 0 aromatic carbocycles. The fourth-order valence-corrected chi connectivity index (χ4v) is 2.50. The highest BCUT2D eigenvalue weighted by Crippen LogP contribution is 2.31. The fourth-order valence-electron chi connectivity index (χ4n) is 2.36. The SMILES string of the molecule is COc1nc(Cl)ccc1-c1cnn(C2CCCCO2)c1. The highest BCUT2D eigenvalue weighted by atomic mass is 35.5. The van der Waals surface area contributed by atoms with Crippen molar-refractivity contribution < 1.29 is 9.47 Å². The number of rotatable bonds is 3. The van der Waals surface area contributed by atoms with E-state index in [0.717, 1.165) is 30.6 Å². The molecule has 3 rings (SSSR count). The molecule has 20 heavy (non-hydrogen) atoms. The molecule has 6 heteroatoms. The third kappa shape index (κ3) is 2.64. The predicted molar refractivity (Wildman–Crippen MR) is 75.9 cm³/mol. The Morgan fingerprint density at radius 2 is 2.30 bits per heavy atom. The van der Waals surface area contributed by atoms with E-state index in [0.29, 0.717) is 11.0 Å². The van der Waals surface area contributed by atoms with Crippen LogP contribution in [0, 0.1) is 0 Å². The predicted octanol–water partition coefficient (Wildman–Crippen LogP) is 3.31. The third-order valence-electron chi connectivity index (χ3n) is 3.38. The molecule has 2 aromatic rings. The topological polar surface area (TPSA) is 49.2 Å². The zero-order valence-corrected chi connectivity index (χ0v) is 12.0. The van der Waals surface area contributed by atoms with E-state index >= 15 is 0 Å². The summed E-state index contributed by atoms with van der Waals surface area (Å²) in [6, 6.07) is 3.63. The lowest BCUT2D eigenvalue weighted by atomic mass is 10.1. The Balaban J connectivity index is 1.89. The summed E-state index contributed by atoms with van der Waals surface area (Å²) in [5, 5.41) is 4.80. The molecule has 3 heterocycles. The second-order valence-electron chi connectivity index (χ2n) is 4.72. The number of pyridine rings is 1. The van der Waals surface area contributed by atoms with Crippen LogP contribution in [0.25, 0.3) is 11.1 Å². The molecule has 0 spiro atoms. The first kappa shape index (κ1) is 13.4. The molecule has 1 saturated heterocycles. The van der Waals surface area contributed by atoms with Crippen LogP contribution in [0.4, 0.5) is 0 Å². The van der Waals surface area contributed by atoms with Crippen molar-refractivity contribution >= 4 is 11.6 Å². The molecular formula is C14H16ClN3O2. The summed E-state index contributed by atoms with van der Waals surface area (Å²) in [5.74, 6) is 0.501.